The molecule has 0 fully saturated rings. The number of hydrogen-bond donors (Lipinski definition) is 2. The first kappa shape index (κ1) is 21.8. The van der Waals surface area contributed by atoms with Gasteiger partial charge in [-0.2, -0.15) is 0 Å². The second kappa shape index (κ2) is 8.96. The third-order valence-corrected chi connectivity index (χ3v) is 7.30. The molecule has 4 rings (SSSR count). The Labute approximate surface area is 187 Å². The Morgan fingerprint density at radius 2 is 1.72 bits per heavy atom. The van der Waals surface area contributed by atoms with E-state index >= 15 is 0 Å². The van der Waals surface area contributed by atoms with Crippen molar-refractivity contribution in [3.8, 4) is 0 Å². The molecular formula is C25H24N2O4S. The van der Waals surface area contributed by atoms with Crippen LogP contribution >= 0.6 is 0 Å². The van der Waals surface area contributed by atoms with Gasteiger partial charge in [-0.3, -0.25) is 9.59 Å². The third-order valence-electron chi connectivity index (χ3n) is 5.55. The summed E-state index contributed by atoms with van der Waals surface area (Å²) in [6, 6.07) is 21.0. The summed E-state index contributed by atoms with van der Waals surface area (Å²) < 4.78 is 26.6. The molecule has 2 N–H and O–H groups in total. The molecule has 2 amide bonds. The van der Waals surface area contributed by atoms with E-state index in [-0.39, 0.29) is 22.5 Å². The van der Waals surface area contributed by atoms with E-state index in [1.54, 1.807) is 48.5 Å². The molecule has 164 valence electrons. The molecule has 1 unspecified atom stereocenters. The topological polar surface area (TPSA) is 92.3 Å². The van der Waals surface area contributed by atoms with Crippen LogP contribution < -0.4 is 10.6 Å². The molecule has 0 spiro atoms. The van der Waals surface area contributed by atoms with Gasteiger partial charge >= 0.3 is 0 Å². The number of benzene rings is 3. The van der Waals surface area contributed by atoms with Gasteiger partial charge in [-0.25, -0.2) is 8.42 Å². The van der Waals surface area contributed by atoms with Gasteiger partial charge < -0.3 is 10.6 Å². The average molecular weight is 449 g/mol. The number of sulfone groups is 1. The summed E-state index contributed by atoms with van der Waals surface area (Å²) in [5.74, 6) is -1.70. The molecule has 0 aromatic heterocycles. The van der Waals surface area contributed by atoms with Crippen LogP contribution in [0.2, 0.25) is 0 Å². The molecule has 6 nitrogen and oxygen atoms in total. The van der Waals surface area contributed by atoms with Crippen LogP contribution in [0.25, 0.3) is 0 Å². The minimum Gasteiger partial charge on any atom is -0.326 e. The molecule has 1 heterocycles. The van der Waals surface area contributed by atoms with Gasteiger partial charge in [0.2, 0.25) is 11.8 Å². The molecule has 1 aliphatic rings. The van der Waals surface area contributed by atoms with E-state index in [2.05, 4.69) is 10.6 Å². The zero-order chi connectivity index (χ0) is 22.7. The third kappa shape index (κ3) is 4.89. The van der Waals surface area contributed by atoms with Crippen molar-refractivity contribution < 1.29 is 18.0 Å². The predicted molar refractivity (Wildman–Crippen MR) is 124 cm³/mol. The highest BCUT2D eigenvalue weighted by molar-refractivity contribution is 7.91. The van der Waals surface area contributed by atoms with Crippen LogP contribution in [0.1, 0.15) is 29.0 Å². The molecule has 1 atom stereocenters. The molecular weight excluding hydrogens is 424 g/mol. The number of amides is 2. The predicted octanol–water partition coefficient (Wildman–Crippen LogP) is 4.08. The van der Waals surface area contributed by atoms with Crippen molar-refractivity contribution in [2.24, 2.45) is 0 Å². The molecule has 0 saturated heterocycles. The van der Waals surface area contributed by atoms with E-state index < -0.39 is 15.8 Å². The highest BCUT2D eigenvalue weighted by Gasteiger charge is 2.29. The van der Waals surface area contributed by atoms with Crippen LogP contribution in [-0.4, -0.2) is 26.0 Å². The highest BCUT2D eigenvalue weighted by Crippen LogP contribution is 2.29. The van der Waals surface area contributed by atoms with Crippen LogP contribution in [0.3, 0.4) is 0 Å². The summed E-state index contributed by atoms with van der Waals surface area (Å²) in [6.45, 7) is 1.95. The molecule has 0 aliphatic carbocycles. The summed E-state index contributed by atoms with van der Waals surface area (Å²) in [6.07, 6.45) is 0.808. The van der Waals surface area contributed by atoms with Gasteiger partial charge in [0.25, 0.3) is 0 Å². The van der Waals surface area contributed by atoms with Crippen molar-refractivity contribution in [2.45, 2.75) is 30.6 Å². The SMILES string of the molecule is Cc1ccc(NC(=O)C(CS(=O)(=O)c2ccc3c(c2)CCC(=O)N3)c2ccccc2)cc1. The quantitative estimate of drug-likeness (QED) is 0.594. The van der Waals surface area contributed by atoms with E-state index in [9.17, 15) is 18.0 Å². The maximum atomic E-state index is 13.3. The van der Waals surface area contributed by atoms with E-state index in [1.165, 1.54) is 6.07 Å². The van der Waals surface area contributed by atoms with Crippen molar-refractivity contribution in [1.82, 2.24) is 0 Å². The Hall–Kier alpha value is -3.45. The maximum absolute atomic E-state index is 13.3. The van der Waals surface area contributed by atoms with E-state index in [0.29, 0.717) is 29.8 Å². The Morgan fingerprint density at radius 1 is 1.00 bits per heavy atom. The fourth-order valence-corrected chi connectivity index (χ4v) is 5.32. The molecule has 0 saturated carbocycles. The van der Waals surface area contributed by atoms with Gasteiger partial charge in [-0.05, 0) is 54.8 Å². The minimum absolute atomic E-state index is 0.0787. The Bertz CT molecular complexity index is 1250. The zero-order valence-electron chi connectivity index (χ0n) is 17.7. The van der Waals surface area contributed by atoms with Crippen LogP contribution in [-0.2, 0) is 25.8 Å². The van der Waals surface area contributed by atoms with Crippen molar-refractivity contribution in [3.63, 3.8) is 0 Å². The number of anilines is 2. The van der Waals surface area contributed by atoms with E-state index in [0.717, 1.165) is 11.1 Å². The molecule has 0 radical (unpaired) electrons. The van der Waals surface area contributed by atoms with Gasteiger partial charge in [0.05, 0.1) is 16.6 Å². The number of hydrogen-bond acceptors (Lipinski definition) is 4. The Kier molecular flexibility index (Phi) is 6.10. The summed E-state index contributed by atoms with van der Waals surface area (Å²) in [5.41, 5.74) is 3.73. The molecule has 3 aromatic carbocycles. The second-order valence-corrected chi connectivity index (χ2v) is 10.0. The summed E-state index contributed by atoms with van der Waals surface area (Å²) in [7, 11) is -3.77. The smallest absolute Gasteiger partial charge is 0.232 e. The van der Waals surface area contributed by atoms with Crippen molar-refractivity contribution in [2.75, 3.05) is 16.4 Å². The zero-order valence-corrected chi connectivity index (χ0v) is 18.5. The molecule has 1 aliphatic heterocycles. The first-order chi connectivity index (χ1) is 15.3. The van der Waals surface area contributed by atoms with Gasteiger partial charge in [-0.15, -0.1) is 0 Å². The van der Waals surface area contributed by atoms with Crippen LogP contribution in [0.4, 0.5) is 11.4 Å². The summed E-state index contributed by atoms with van der Waals surface area (Å²) >= 11 is 0. The maximum Gasteiger partial charge on any atom is 0.232 e. The fourth-order valence-electron chi connectivity index (χ4n) is 3.74. The van der Waals surface area contributed by atoms with Gasteiger partial charge in [0.1, 0.15) is 0 Å². The first-order valence-corrected chi connectivity index (χ1v) is 12.0. The van der Waals surface area contributed by atoms with Crippen LogP contribution in [0, 0.1) is 6.92 Å². The molecule has 32 heavy (non-hydrogen) atoms. The second-order valence-electron chi connectivity index (χ2n) is 7.97. The Morgan fingerprint density at radius 3 is 2.44 bits per heavy atom. The monoisotopic (exact) mass is 448 g/mol. The summed E-state index contributed by atoms with van der Waals surface area (Å²) in [5, 5.41) is 5.60. The lowest BCUT2D eigenvalue weighted by Gasteiger charge is -2.20. The number of nitrogens with one attached hydrogen (secondary N) is 2. The van der Waals surface area contributed by atoms with E-state index in [4.69, 9.17) is 0 Å². The Balaban J connectivity index is 1.62. The number of fused-ring (bicyclic) bond motifs is 1. The number of carbonyl (C=O) groups excluding carboxylic acids is 2. The fraction of sp³-hybridized carbons (Fsp3) is 0.200. The molecule has 7 heteroatoms. The first-order valence-electron chi connectivity index (χ1n) is 10.4. The molecule has 0 bridgehead atoms. The summed E-state index contributed by atoms with van der Waals surface area (Å²) in [4.78, 5) is 24.9. The van der Waals surface area contributed by atoms with Crippen LogP contribution in [0.5, 0.6) is 0 Å². The lowest BCUT2D eigenvalue weighted by Crippen LogP contribution is -2.28. The lowest BCUT2D eigenvalue weighted by atomic mass is 10.00. The lowest BCUT2D eigenvalue weighted by molar-refractivity contribution is -0.117. The van der Waals surface area contributed by atoms with Crippen molar-refractivity contribution >= 4 is 33.0 Å². The van der Waals surface area contributed by atoms with Crippen molar-refractivity contribution in [3.05, 3.63) is 89.5 Å². The standard InChI is InChI=1S/C25H24N2O4S/c1-17-7-10-20(11-8-17)26-25(29)22(18-5-3-2-4-6-18)16-32(30,31)21-12-13-23-19(15-21)9-14-24(28)27-23/h2-8,10-13,15,22H,9,14,16H2,1H3,(H,26,29)(H,27,28). The average Bonchev–Trinajstić information content (AvgIpc) is 2.79. The van der Waals surface area contributed by atoms with Gasteiger partial charge in [0, 0.05) is 17.8 Å². The largest absolute Gasteiger partial charge is 0.326 e. The van der Waals surface area contributed by atoms with Gasteiger partial charge in [0.15, 0.2) is 9.84 Å². The number of aryl methyl sites for hydroxylation is 2. The van der Waals surface area contributed by atoms with Gasteiger partial charge in [-0.1, -0.05) is 48.0 Å². The highest BCUT2D eigenvalue weighted by atomic mass is 32.2. The van der Waals surface area contributed by atoms with Crippen molar-refractivity contribution in [1.29, 1.82) is 0 Å². The minimum atomic E-state index is -3.77. The van der Waals surface area contributed by atoms with E-state index in [1.807, 2.05) is 25.1 Å². The number of rotatable bonds is 6. The number of carbonyl (C=O) groups is 2. The van der Waals surface area contributed by atoms with Crippen LogP contribution in [0.15, 0.2) is 77.7 Å². The molecule has 3 aromatic rings. The normalized spacial score (nSPS) is 14.2.